The molecule has 48 valence electrons. The number of nitrogens with zero attached hydrogens (tertiary/aromatic N) is 1. The van der Waals surface area contributed by atoms with Crippen LogP contribution in [0.25, 0.3) is 0 Å². The molecule has 0 spiro atoms. The molecule has 9 heavy (non-hydrogen) atoms. The Morgan fingerprint density at radius 2 is 2.00 bits per heavy atom. The minimum absolute atomic E-state index is 0.0415. The van der Waals surface area contributed by atoms with Crippen LogP contribution in [-0.2, 0) is 9.59 Å². The molecule has 0 bridgehead atoms. The molecule has 0 N–H and O–H groups in total. The van der Waals surface area contributed by atoms with Crippen molar-refractivity contribution in [1.29, 1.82) is 0 Å². The highest BCUT2D eigenvalue weighted by atomic mass is 16.1. The van der Waals surface area contributed by atoms with Gasteiger partial charge in [0.25, 0.3) is 0 Å². The molecule has 0 aromatic carbocycles. The minimum atomic E-state index is -0.387. The fraction of sp³-hybridized carbons (Fsp3) is 0.500. The van der Waals surface area contributed by atoms with Crippen LogP contribution in [0.4, 0.5) is 0 Å². The molecule has 1 aliphatic rings. The fourth-order valence-electron chi connectivity index (χ4n) is 0.669. The van der Waals surface area contributed by atoms with Crippen molar-refractivity contribution in [2.24, 2.45) is 4.99 Å². The Bertz CT molecular complexity index is 205. The third-order valence-electron chi connectivity index (χ3n) is 1.21. The van der Waals surface area contributed by atoms with E-state index >= 15 is 0 Å². The summed E-state index contributed by atoms with van der Waals surface area (Å²) in [6, 6.07) is -0.387. The van der Waals surface area contributed by atoms with Gasteiger partial charge in [0, 0.05) is 6.92 Å². The van der Waals surface area contributed by atoms with E-state index in [1.165, 1.54) is 13.8 Å². The third kappa shape index (κ3) is 1.04. The number of hydrogen-bond acceptors (Lipinski definition) is 3. The lowest BCUT2D eigenvalue weighted by Gasteiger charge is -1.82. The van der Waals surface area contributed by atoms with Gasteiger partial charge >= 0.3 is 0 Å². The number of carbonyl (C=O) groups excluding carboxylic acids is 2. The van der Waals surface area contributed by atoms with Crippen molar-refractivity contribution in [3.63, 3.8) is 0 Å². The highest BCUT2D eigenvalue weighted by molar-refractivity contribution is 6.50. The van der Waals surface area contributed by atoms with Crippen molar-refractivity contribution in [1.82, 2.24) is 0 Å². The van der Waals surface area contributed by atoms with E-state index < -0.39 is 0 Å². The maximum Gasteiger partial charge on any atom is 0.176 e. The maximum absolute atomic E-state index is 10.5. The molecule has 0 aromatic rings. The number of rotatable bonds is 2. The zero-order valence-electron chi connectivity index (χ0n) is 5.34. The van der Waals surface area contributed by atoms with Crippen molar-refractivity contribution in [3.8, 4) is 0 Å². The normalized spacial score (nSPS) is 22.9. The molecule has 1 aliphatic heterocycles. The summed E-state index contributed by atoms with van der Waals surface area (Å²) in [5.74, 6) is -0.129. The van der Waals surface area contributed by atoms with Crippen molar-refractivity contribution in [2.75, 3.05) is 0 Å². The zero-order chi connectivity index (χ0) is 7.02. The van der Waals surface area contributed by atoms with E-state index in [2.05, 4.69) is 4.99 Å². The second-order valence-corrected chi connectivity index (χ2v) is 2.08. The van der Waals surface area contributed by atoms with Crippen LogP contribution in [0.1, 0.15) is 13.8 Å². The summed E-state index contributed by atoms with van der Waals surface area (Å²) in [6.45, 7) is 2.85. The molecule has 0 fully saturated rings. The second kappa shape index (κ2) is 1.76. The second-order valence-electron chi connectivity index (χ2n) is 2.08. The molecule has 0 amide bonds. The van der Waals surface area contributed by atoms with Gasteiger partial charge in [-0.3, -0.25) is 14.6 Å². The number of aliphatic imine (C=N–C) groups is 1. The van der Waals surface area contributed by atoms with Crippen LogP contribution >= 0.6 is 0 Å². The van der Waals surface area contributed by atoms with E-state index in [-0.39, 0.29) is 17.6 Å². The first-order valence-electron chi connectivity index (χ1n) is 2.72. The summed E-state index contributed by atoms with van der Waals surface area (Å²) < 4.78 is 0. The van der Waals surface area contributed by atoms with Gasteiger partial charge in [-0.05, 0) is 6.92 Å². The molecular weight excluding hydrogens is 118 g/mol. The Kier molecular flexibility index (Phi) is 1.20. The summed E-state index contributed by atoms with van der Waals surface area (Å²) in [4.78, 5) is 24.6. The van der Waals surface area contributed by atoms with Crippen LogP contribution in [0.15, 0.2) is 4.99 Å². The van der Waals surface area contributed by atoms with Crippen LogP contribution in [0.3, 0.4) is 0 Å². The first-order valence-corrected chi connectivity index (χ1v) is 2.72. The predicted octanol–water partition coefficient (Wildman–Crippen LogP) is -0.0124. The van der Waals surface area contributed by atoms with Crippen molar-refractivity contribution < 1.29 is 9.59 Å². The quantitative estimate of drug-likeness (QED) is 0.521. The summed E-state index contributed by atoms with van der Waals surface area (Å²) in [6.07, 6.45) is 0. The van der Waals surface area contributed by atoms with Crippen LogP contribution in [-0.4, -0.2) is 23.3 Å². The summed E-state index contributed by atoms with van der Waals surface area (Å²) >= 11 is 0. The molecule has 1 rings (SSSR count). The Hall–Kier alpha value is -0.990. The van der Waals surface area contributed by atoms with Gasteiger partial charge in [0.1, 0.15) is 5.71 Å². The maximum atomic E-state index is 10.5. The van der Waals surface area contributed by atoms with Crippen molar-refractivity contribution in [3.05, 3.63) is 0 Å². The third-order valence-corrected chi connectivity index (χ3v) is 1.21. The first-order chi connectivity index (χ1) is 4.13. The number of hydrogen-bond donors (Lipinski definition) is 0. The highest BCUT2D eigenvalue weighted by Gasteiger charge is 2.34. The largest absolute Gasteiger partial charge is 0.297 e. The lowest BCUT2D eigenvalue weighted by molar-refractivity contribution is -0.117. The van der Waals surface area contributed by atoms with Crippen molar-refractivity contribution in [2.45, 2.75) is 19.9 Å². The Labute approximate surface area is 52.8 Å². The molecule has 3 heteroatoms. The van der Waals surface area contributed by atoms with Gasteiger partial charge < -0.3 is 0 Å². The highest BCUT2D eigenvalue weighted by Crippen LogP contribution is 2.12. The SMILES string of the molecule is CC(=O)C1=NC1C(C)=O. The van der Waals surface area contributed by atoms with Gasteiger partial charge in [0.2, 0.25) is 0 Å². The van der Waals surface area contributed by atoms with Gasteiger partial charge in [-0.25, -0.2) is 0 Å². The molecule has 1 heterocycles. The van der Waals surface area contributed by atoms with Crippen LogP contribution in [0, 0.1) is 0 Å². The smallest absolute Gasteiger partial charge is 0.176 e. The van der Waals surface area contributed by atoms with E-state index in [0.717, 1.165) is 0 Å². The summed E-state index contributed by atoms with van der Waals surface area (Å²) in [7, 11) is 0. The molecule has 0 radical (unpaired) electrons. The molecule has 0 aromatic heterocycles. The zero-order valence-corrected chi connectivity index (χ0v) is 5.34. The molecule has 0 saturated carbocycles. The fourth-order valence-corrected chi connectivity index (χ4v) is 0.669. The lowest BCUT2D eigenvalue weighted by atomic mass is 10.2. The molecule has 0 aliphatic carbocycles. The van der Waals surface area contributed by atoms with Crippen LogP contribution in [0.2, 0.25) is 0 Å². The van der Waals surface area contributed by atoms with Gasteiger partial charge in [0.05, 0.1) is 0 Å². The topological polar surface area (TPSA) is 46.5 Å². The van der Waals surface area contributed by atoms with Gasteiger partial charge in [-0.1, -0.05) is 0 Å². The monoisotopic (exact) mass is 125 g/mol. The van der Waals surface area contributed by atoms with Gasteiger partial charge in [-0.15, -0.1) is 0 Å². The Morgan fingerprint density at radius 1 is 1.44 bits per heavy atom. The summed E-state index contributed by atoms with van der Waals surface area (Å²) in [5, 5.41) is 0. The molecule has 0 saturated heterocycles. The molecular formula is C6H7NO2. The van der Waals surface area contributed by atoms with E-state index in [9.17, 15) is 9.59 Å². The predicted molar refractivity (Wildman–Crippen MR) is 32.6 cm³/mol. The van der Waals surface area contributed by atoms with Gasteiger partial charge in [-0.2, -0.15) is 0 Å². The van der Waals surface area contributed by atoms with E-state index in [4.69, 9.17) is 0 Å². The first kappa shape index (κ1) is 6.13. The minimum Gasteiger partial charge on any atom is -0.297 e. The van der Waals surface area contributed by atoms with E-state index in [1.54, 1.807) is 0 Å². The molecule has 1 atom stereocenters. The lowest BCUT2D eigenvalue weighted by Crippen LogP contribution is -2.13. The number of Topliss-reactive ketones (excluding diaryl/α,β-unsaturated/α-hetero) is 2. The number of ketones is 2. The average Bonchev–Trinajstić information content (AvgIpc) is 2.39. The van der Waals surface area contributed by atoms with E-state index in [0.29, 0.717) is 5.71 Å². The Morgan fingerprint density at radius 3 is 2.11 bits per heavy atom. The standard InChI is InChI=1S/C6H7NO2/c1-3(8)5-6(7-5)4(2)9/h5H,1-2H3. The van der Waals surface area contributed by atoms with Gasteiger partial charge in [0.15, 0.2) is 17.6 Å². The van der Waals surface area contributed by atoms with Crippen LogP contribution in [0.5, 0.6) is 0 Å². The molecule has 1 unspecified atom stereocenters. The van der Waals surface area contributed by atoms with E-state index in [1.807, 2.05) is 0 Å². The number of carbonyl (C=O) groups is 2. The Balaban J connectivity index is 2.49. The van der Waals surface area contributed by atoms with Crippen molar-refractivity contribution >= 4 is 17.3 Å². The average molecular weight is 125 g/mol. The molecule has 3 nitrogen and oxygen atoms in total. The van der Waals surface area contributed by atoms with Crippen LogP contribution < -0.4 is 0 Å². The summed E-state index contributed by atoms with van der Waals surface area (Å²) in [5.41, 5.74) is 0.433.